The summed E-state index contributed by atoms with van der Waals surface area (Å²) in [7, 11) is 1.50. The number of hydrogen-bond donors (Lipinski definition) is 2. The van der Waals surface area contributed by atoms with Gasteiger partial charge in [0, 0.05) is 20.2 Å². The first-order chi connectivity index (χ1) is 10.6. The van der Waals surface area contributed by atoms with E-state index >= 15 is 0 Å². The number of halogens is 2. The maximum Gasteiger partial charge on any atom is 0.249 e. The van der Waals surface area contributed by atoms with Crippen molar-refractivity contribution in [3.63, 3.8) is 0 Å². The third kappa shape index (κ3) is 4.81. The number of hydrogen-bond acceptors (Lipinski definition) is 4. The first-order valence-electron chi connectivity index (χ1n) is 7.15. The zero-order valence-electron chi connectivity index (χ0n) is 12.8. The Kier molecular flexibility index (Phi) is 7.78. The summed E-state index contributed by atoms with van der Waals surface area (Å²) in [5, 5.41) is 3.26. The van der Waals surface area contributed by atoms with Gasteiger partial charge in [-0.2, -0.15) is 0 Å². The van der Waals surface area contributed by atoms with Crippen LogP contribution >= 0.6 is 24.0 Å². The summed E-state index contributed by atoms with van der Waals surface area (Å²) in [6.07, 6.45) is 0.357. The van der Waals surface area contributed by atoms with E-state index in [2.05, 4.69) is 5.32 Å². The molecule has 128 valence electrons. The van der Waals surface area contributed by atoms with Crippen molar-refractivity contribution in [2.75, 3.05) is 25.1 Å². The molecule has 0 radical (unpaired) electrons. The molecule has 2 unspecified atom stereocenters. The maximum absolute atomic E-state index is 12.4. The van der Waals surface area contributed by atoms with Crippen molar-refractivity contribution in [1.82, 2.24) is 5.32 Å². The molecule has 2 rings (SSSR count). The molecule has 2 amide bonds. The quantitative estimate of drug-likeness (QED) is 0.800. The highest BCUT2D eigenvalue weighted by atomic mass is 35.5. The average Bonchev–Trinajstić information content (AvgIpc) is 2.86. The number of nitrogens with zero attached hydrogens (tertiary/aromatic N) is 1. The van der Waals surface area contributed by atoms with Gasteiger partial charge in [0.25, 0.3) is 0 Å². The van der Waals surface area contributed by atoms with Gasteiger partial charge in [0.15, 0.2) is 0 Å². The van der Waals surface area contributed by atoms with E-state index in [1.807, 2.05) is 12.1 Å². The van der Waals surface area contributed by atoms with E-state index in [9.17, 15) is 9.59 Å². The summed E-state index contributed by atoms with van der Waals surface area (Å²) in [6, 6.07) is 6.63. The zero-order valence-corrected chi connectivity index (χ0v) is 14.4. The van der Waals surface area contributed by atoms with Crippen LogP contribution in [0.5, 0.6) is 0 Å². The monoisotopic (exact) mass is 361 g/mol. The van der Waals surface area contributed by atoms with Gasteiger partial charge in [-0.15, -0.1) is 12.4 Å². The average molecular weight is 362 g/mol. The fourth-order valence-corrected chi connectivity index (χ4v) is 2.68. The number of anilines is 1. The van der Waals surface area contributed by atoms with Gasteiger partial charge in [-0.05, 0) is 18.6 Å². The van der Waals surface area contributed by atoms with Crippen LogP contribution in [0.4, 0.5) is 5.69 Å². The Labute approximate surface area is 146 Å². The van der Waals surface area contributed by atoms with Crippen molar-refractivity contribution in [3.8, 4) is 0 Å². The lowest BCUT2D eigenvalue weighted by atomic mass is 10.2. The highest BCUT2D eigenvalue weighted by molar-refractivity contribution is 6.34. The van der Waals surface area contributed by atoms with Gasteiger partial charge in [-0.3, -0.25) is 9.59 Å². The molecular weight excluding hydrogens is 341 g/mol. The second kappa shape index (κ2) is 9.08. The second-order valence-corrected chi connectivity index (χ2v) is 5.55. The molecule has 0 saturated carbocycles. The van der Waals surface area contributed by atoms with Crippen molar-refractivity contribution in [3.05, 3.63) is 29.3 Å². The number of carbonyl (C=O) groups is 2. The summed E-state index contributed by atoms with van der Waals surface area (Å²) in [5.74, 6) is -0.389. The van der Waals surface area contributed by atoms with E-state index in [0.29, 0.717) is 23.7 Å². The molecule has 1 aromatic rings. The lowest BCUT2D eigenvalue weighted by Crippen LogP contribution is -2.43. The molecule has 1 saturated heterocycles. The molecule has 1 aliphatic rings. The minimum absolute atomic E-state index is 0. The zero-order chi connectivity index (χ0) is 16.1. The molecule has 1 aromatic carbocycles. The van der Waals surface area contributed by atoms with Crippen LogP contribution in [-0.2, 0) is 14.3 Å². The van der Waals surface area contributed by atoms with Crippen molar-refractivity contribution in [1.29, 1.82) is 0 Å². The number of carbonyl (C=O) groups excluding carboxylic acids is 2. The predicted molar refractivity (Wildman–Crippen MR) is 92.1 cm³/mol. The third-order valence-corrected chi connectivity index (χ3v) is 4.01. The maximum atomic E-state index is 12.4. The van der Waals surface area contributed by atoms with Crippen LogP contribution < -0.4 is 16.0 Å². The number of benzene rings is 1. The van der Waals surface area contributed by atoms with Crippen LogP contribution in [0, 0.1) is 0 Å². The standard InChI is InChI=1S/C15H20ClN3O3.ClH/c1-22-10(9-17)8-14(20)18-12-6-7-19(15(12)21)13-5-3-2-4-11(13)16;/h2-5,10,12H,6-9,17H2,1H3,(H,18,20);1H. The summed E-state index contributed by atoms with van der Waals surface area (Å²) in [6.45, 7) is 0.784. The summed E-state index contributed by atoms with van der Waals surface area (Å²) >= 11 is 6.12. The predicted octanol–water partition coefficient (Wildman–Crippen LogP) is 1.35. The number of rotatable bonds is 6. The van der Waals surface area contributed by atoms with Crippen LogP contribution in [0.1, 0.15) is 12.8 Å². The first-order valence-corrected chi connectivity index (χ1v) is 7.52. The molecule has 1 heterocycles. The van der Waals surface area contributed by atoms with E-state index in [-0.39, 0.29) is 43.3 Å². The Hall–Kier alpha value is -1.34. The van der Waals surface area contributed by atoms with Crippen LogP contribution in [0.2, 0.25) is 5.02 Å². The molecule has 3 N–H and O–H groups in total. The van der Waals surface area contributed by atoms with Crippen molar-refractivity contribution in [2.24, 2.45) is 5.73 Å². The molecule has 0 aliphatic carbocycles. The van der Waals surface area contributed by atoms with Gasteiger partial charge in [-0.1, -0.05) is 23.7 Å². The van der Waals surface area contributed by atoms with Gasteiger partial charge in [0.2, 0.25) is 11.8 Å². The molecule has 8 heteroatoms. The van der Waals surface area contributed by atoms with Gasteiger partial charge in [-0.25, -0.2) is 0 Å². The molecule has 1 aliphatic heterocycles. The molecule has 0 aromatic heterocycles. The van der Waals surface area contributed by atoms with E-state index < -0.39 is 6.04 Å². The largest absolute Gasteiger partial charge is 0.380 e. The number of ether oxygens (including phenoxy) is 1. The smallest absolute Gasteiger partial charge is 0.249 e. The van der Waals surface area contributed by atoms with Crippen molar-refractivity contribution in [2.45, 2.75) is 25.0 Å². The molecule has 0 bridgehead atoms. The van der Waals surface area contributed by atoms with Gasteiger partial charge in [0.05, 0.1) is 23.2 Å². The Morgan fingerprint density at radius 3 is 2.83 bits per heavy atom. The van der Waals surface area contributed by atoms with E-state index in [1.54, 1.807) is 17.0 Å². The number of methoxy groups -OCH3 is 1. The first kappa shape index (κ1) is 19.7. The van der Waals surface area contributed by atoms with Crippen LogP contribution in [0.25, 0.3) is 0 Å². The number of para-hydroxylation sites is 1. The molecule has 2 atom stereocenters. The summed E-state index contributed by atoms with van der Waals surface area (Å²) in [4.78, 5) is 26.0. The Bertz CT molecular complexity index is 553. The SMILES string of the molecule is COC(CN)CC(=O)NC1CCN(c2ccccc2Cl)C1=O.Cl. The fourth-order valence-electron chi connectivity index (χ4n) is 2.45. The van der Waals surface area contributed by atoms with Crippen LogP contribution in [-0.4, -0.2) is 44.2 Å². The third-order valence-electron chi connectivity index (χ3n) is 3.69. The van der Waals surface area contributed by atoms with E-state index in [0.717, 1.165) is 0 Å². The van der Waals surface area contributed by atoms with Gasteiger partial charge in [0.1, 0.15) is 6.04 Å². The molecular formula is C15H21Cl2N3O3. The van der Waals surface area contributed by atoms with Crippen LogP contribution in [0.3, 0.4) is 0 Å². The Morgan fingerprint density at radius 2 is 2.22 bits per heavy atom. The minimum atomic E-state index is -0.529. The minimum Gasteiger partial charge on any atom is -0.380 e. The van der Waals surface area contributed by atoms with Crippen molar-refractivity contribution >= 4 is 41.5 Å². The number of amides is 2. The van der Waals surface area contributed by atoms with Gasteiger partial charge >= 0.3 is 0 Å². The van der Waals surface area contributed by atoms with Crippen molar-refractivity contribution < 1.29 is 14.3 Å². The molecule has 0 spiro atoms. The Morgan fingerprint density at radius 1 is 1.52 bits per heavy atom. The van der Waals surface area contributed by atoms with Gasteiger partial charge < -0.3 is 20.7 Å². The lowest BCUT2D eigenvalue weighted by Gasteiger charge is -2.19. The number of nitrogens with one attached hydrogen (secondary N) is 1. The molecule has 1 fully saturated rings. The summed E-state index contributed by atoms with van der Waals surface area (Å²) < 4.78 is 5.07. The van der Waals surface area contributed by atoms with Crippen LogP contribution in [0.15, 0.2) is 24.3 Å². The Balaban J connectivity index is 0.00000264. The highest BCUT2D eigenvalue weighted by Crippen LogP contribution is 2.28. The summed E-state index contributed by atoms with van der Waals surface area (Å²) in [5.41, 5.74) is 6.16. The second-order valence-electron chi connectivity index (χ2n) is 5.15. The van der Waals surface area contributed by atoms with E-state index in [1.165, 1.54) is 7.11 Å². The lowest BCUT2D eigenvalue weighted by molar-refractivity contribution is -0.128. The number of nitrogens with two attached hydrogens (primary N) is 1. The fraction of sp³-hybridized carbons (Fsp3) is 0.467. The van der Waals surface area contributed by atoms with E-state index in [4.69, 9.17) is 22.1 Å². The molecule has 6 nitrogen and oxygen atoms in total. The topological polar surface area (TPSA) is 84.7 Å². The highest BCUT2D eigenvalue weighted by Gasteiger charge is 2.34. The normalized spacial score (nSPS) is 18.5. The molecule has 23 heavy (non-hydrogen) atoms.